The zero-order valence-corrected chi connectivity index (χ0v) is 12.1. The Hall–Kier alpha value is -1.52. The summed E-state index contributed by atoms with van der Waals surface area (Å²) in [5, 5.41) is 0. The van der Waals surface area contributed by atoms with Crippen LogP contribution < -0.4 is 0 Å². The van der Waals surface area contributed by atoms with Crippen LogP contribution in [-0.2, 0) is 14.3 Å². The molecule has 1 amide bonds. The van der Waals surface area contributed by atoms with E-state index in [1.807, 2.05) is 19.9 Å². The van der Waals surface area contributed by atoms with Crippen LogP contribution in [-0.4, -0.2) is 43.3 Å². The predicted molar refractivity (Wildman–Crippen MR) is 71.7 cm³/mol. The largest absolute Gasteiger partial charge is 0.467 e. The third kappa shape index (κ3) is 3.08. The molecule has 1 fully saturated rings. The van der Waals surface area contributed by atoms with Gasteiger partial charge >= 0.3 is 12.1 Å². The molecule has 2 atom stereocenters. The number of methoxy groups -OCH3 is 2. The third-order valence-electron chi connectivity index (χ3n) is 3.87. The number of esters is 1. The molecule has 1 heterocycles. The molecule has 1 aliphatic rings. The first-order valence-corrected chi connectivity index (χ1v) is 6.46. The molecule has 0 saturated carbocycles. The van der Waals surface area contributed by atoms with Crippen LogP contribution in [0.4, 0.5) is 4.79 Å². The average Bonchev–Trinajstić information content (AvgIpc) is 2.44. The van der Waals surface area contributed by atoms with E-state index in [1.54, 1.807) is 0 Å². The van der Waals surface area contributed by atoms with Gasteiger partial charge in [-0.2, -0.15) is 0 Å². The van der Waals surface area contributed by atoms with E-state index in [0.717, 1.165) is 12.8 Å². The van der Waals surface area contributed by atoms with Crippen LogP contribution >= 0.6 is 0 Å². The quantitative estimate of drug-likeness (QED) is 0.583. The van der Waals surface area contributed by atoms with Crippen LogP contribution in [0.25, 0.3) is 0 Å². The molecule has 0 aromatic carbocycles. The van der Waals surface area contributed by atoms with Crippen LogP contribution in [0.2, 0.25) is 0 Å². The van der Waals surface area contributed by atoms with E-state index in [-0.39, 0.29) is 11.5 Å². The van der Waals surface area contributed by atoms with E-state index in [9.17, 15) is 9.59 Å². The molecule has 1 aliphatic heterocycles. The van der Waals surface area contributed by atoms with Crippen molar-refractivity contribution >= 4 is 12.1 Å². The normalized spacial score (nSPS) is 23.7. The van der Waals surface area contributed by atoms with Gasteiger partial charge in [0.25, 0.3) is 0 Å². The lowest BCUT2D eigenvalue weighted by atomic mass is 9.77. The van der Waals surface area contributed by atoms with Gasteiger partial charge in [0.1, 0.15) is 6.04 Å². The van der Waals surface area contributed by atoms with Crippen molar-refractivity contribution in [2.24, 2.45) is 5.41 Å². The molecule has 108 valence electrons. The maximum atomic E-state index is 12.0. The summed E-state index contributed by atoms with van der Waals surface area (Å²) in [7, 11) is 2.66. The molecule has 0 aliphatic carbocycles. The topological polar surface area (TPSA) is 55.8 Å². The molecule has 5 nitrogen and oxygen atoms in total. The van der Waals surface area contributed by atoms with E-state index in [2.05, 4.69) is 6.58 Å². The summed E-state index contributed by atoms with van der Waals surface area (Å²) in [6.07, 6.45) is 3.62. The summed E-state index contributed by atoms with van der Waals surface area (Å²) >= 11 is 0. The van der Waals surface area contributed by atoms with Gasteiger partial charge in [-0.05, 0) is 19.3 Å². The Morgan fingerprint density at radius 2 is 1.89 bits per heavy atom. The highest BCUT2D eigenvalue weighted by Crippen LogP contribution is 2.36. The Morgan fingerprint density at radius 3 is 2.37 bits per heavy atom. The number of rotatable bonds is 3. The zero-order valence-electron chi connectivity index (χ0n) is 12.1. The molecule has 0 spiro atoms. The highest BCUT2D eigenvalue weighted by Gasteiger charge is 2.44. The second-order valence-electron chi connectivity index (χ2n) is 5.39. The second-order valence-corrected chi connectivity index (χ2v) is 5.39. The average molecular weight is 269 g/mol. The van der Waals surface area contributed by atoms with Crippen LogP contribution in [0.1, 0.15) is 33.1 Å². The minimum Gasteiger partial charge on any atom is -0.467 e. The summed E-state index contributed by atoms with van der Waals surface area (Å²) in [4.78, 5) is 25.4. The summed E-state index contributed by atoms with van der Waals surface area (Å²) in [6, 6.07) is -0.689. The Labute approximate surface area is 114 Å². The van der Waals surface area contributed by atoms with Crippen molar-refractivity contribution in [3.63, 3.8) is 0 Å². The summed E-state index contributed by atoms with van der Waals surface area (Å²) in [5.74, 6) is -0.394. The fraction of sp³-hybridized carbons (Fsp3) is 0.714. The molecular weight excluding hydrogens is 246 g/mol. The van der Waals surface area contributed by atoms with E-state index >= 15 is 0 Å². The first-order chi connectivity index (χ1) is 8.88. The molecule has 0 unspecified atom stereocenters. The Balaban J connectivity index is 3.12. The van der Waals surface area contributed by atoms with Gasteiger partial charge in [-0.1, -0.05) is 19.9 Å². The van der Waals surface area contributed by atoms with Crippen molar-refractivity contribution in [3.05, 3.63) is 12.7 Å². The molecule has 19 heavy (non-hydrogen) atoms. The third-order valence-corrected chi connectivity index (χ3v) is 3.87. The SMILES string of the molecule is C=CC(C)(C)[C@H]1CCC[C@@H](C(=O)OC)N1C(=O)OC. The Morgan fingerprint density at radius 1 is 1.26 bits per heavy atom. The maximum absolute atomic E-state index is 12.0. The molecule has 1 rings (SSSR count). The van der Waals surface area contributed by atoms with Crippen LogP contribution in [0.5, 0.6) is 0 Å². The lowest BCUT2D eigenvalue weighted by Crippen LogP contribution is -2.57. The van der Waals surface area contributed by atoms with Gasteiger partial charge in [0.2, 0.25) is 0 Å². The number of hydrogen-bond acceptors (Lipinski definition) is 4. The fourth-order valence-corrected chi connectivity index (χ4v) is 2.59. The van der Waals surface area contributed by atoms with Crippen molar-refractivity contribution in [3.8, 4) is 0 Å². The fourth-order valence-electron chi connectivity index (χ4n) is 2.59. The molecule has 0 aromatic rings. The van der Waals surface area contributed by atoms with Crippen LogP contribution in [0.15, 0.2) is 12.7 Å². The number of carbonyl (C=O) groups excluding carboxylic acids is 2. The minimum atomic E-state index is -0.574. The molecule has 0 bridgehead atoms. The zero-order chi connectivity index (χ0) is 14.6. The van der Waals surface area contributed by atoms with Gasteiger partial charge in [-0.3, -0.25) is 4.90 Å². The lowest BCUT2D eigenvalue weighted by Gasteiger charge is -2.45. The van der Waals surface area contributed by atoms with Crippen molar-refractivity contribution in [2.75, 3.05) is 14.2 Å². The number of carbonyl (C=O) groups is 2. The minimum absolute atomic E-state index is 0.115. The van der Waals surface area contributed by atoms with Gasteiger partial charge < -0.3 is 9.47 Å². The number of hydrogen-bond donors (Lipinski definition) is 0. The standard InChI is InChI=1S/C14H23NO4/c1-6-14(2,3)11-9-7-8-10(12(16)18-4)15(11)13(17)19-5/h6,10-11H,1,7-9H2,2-5H3/t10-,11+/m0/s1. The van der Waals surface area contributed by atoms with Crippen molar-refractivity contribution < 1.29 is 19.1 Å². The van der Waals surface area contributed by atoms with Crippen LogP contribution in [0, 0.1) is 5.41 Å². The molecule has 1 saturated heterocycles. The molecule has 5 heteroatoms. The van der Waals surface area contributed by atoms with Gasteiger partial charge in [0, 0.05) is 11.5 Å². The Bertz CT molecular complexity index is 364. The van der Waals surface area contributed by atoms with Crippen molar-refractivity contribution in [1.82, 2.24) is 4.90 Å². The van der Waals surface area contributed by atoms with Crippen molar-refractivity contribution in [2.45, 2.75) is 45.2 Å². The summed E-state index contributed by atoms with van der Waals surface area (Å²) < 4.78 is 9.62. The first kappa shape index (κ1) is 15.5. The molecular formula is C14H23NO4. The highest BCUT2D eigenvalue weighted by molar-refractivity contribution is 5.82. The highest BCUT2D eigenvalue weighted by atomic mass is 16.5. The Kier molecular flexibility index (Phi) is 4.97. The van der Waals surface area contributed by atoms with E-state index in [4.69, 9.17) is 9.47 Å². The number of nitrogens with zero attached hydrogens (tertiary/aromatic N) is 1. The van der Waals surface area contributed by atoms with E-state index in [1.165, 1.54) is 19.1 Å². The second kappa shape index (κ2) is 6.08. The maximum Gasteiger partial charge on any atom is 0.410 e. The smallest absolute Gasteiger partial charge is 0.410 e. The number of likely N-dealkylation sites (tertiary alicyclic amines) is 1. The lowest BCUT2D eigenvalue weighted by molar-refractivity contribution is -0.149. The monoisotopic (exact) mass is 269 g/mol. The van der Waals surface area contributed by atoms with E-state index in [0.29, 0.717) is 6.42 Å². The van der Waals surface area contributed by atoms with Gasteiger partial charge in [0.15, 0.2) is 0 Å². The number of ether oxygens (including phenoxy) is 2. The number of amides is 1. The molecule has 0 N–H and O–H groups in total. The first-order valence-electron chi connectivity index (χ1n) is 6.46. The molecule has 0 radical (unpaired) electrons. The van der Waals surface area contributed by atoms with Crippen molar-refractivity contribution in [1.29, 1.82) is 0 Å². The van der Waals surface area contributed by atoms with Crippen LogP contribution in [0.3, 0.4) is 0 Å². The predicted octanol–water partition coefficient (Wildman–Crippen LogP) is 2.36. The van der Waals surface area contributed by atoms with Gasteiger partial charge in [-0.25, -0.2) is 9.59 Å². The molecule has 0 aromatic heterocycles. The van der Waals surface area contributed by atoms with Gasteiger partial charge in [0.05, 0.1) is 14.2 Å². The summed E-state index contributed by atoms with van der Waals surface area (Å²) in [6.45, 7) is 7.82. The van der Waals surface area contributed by atoms with Gasteiger partial charge in [-0.15, -0.1) is 6.58 Å². The number of piperidine rings is 1. The van der Waals surface area contributed by atoms with E-state index < -0.39 is 18.1 Å². The summed E-state index contributed by atoms with van der Waals surface area (Å²) in [5.41, 5.74) is -0.291.